The molecule has 2 aromatic rings. The van der Waals surface area contributed by atoms with Gasteiger partial charge in [-0.05, 0) is 42.7 Å². The first-order valence-electron chi connectivity index (χ1n) is 8.58. The van der Waals surface area contributed by atoms with Crippen molar-refractivity contribution in [1.82, 2.24) is 15.0 Å². The summed E-state index contributed by atoms with van der Waals surface area (Å²) in [7, 11) is -3.41. The van der Waals surface area contributed by atoms with E-state index >= 15 is 0 Å². The van der Waals surface area contributed by atoms with Gasteiger partial charge in [-0.25, -0.2) is 18.1 Å². The molecule has 1 aliphatic rings. The zero-order chi connectivity index (χ0) is 18.4. The largest absolute Gasteiger partial charge is 0.370 e. The van der Waals surface area contributed by atoms with E-state index in [0.29, 0.717) is 19.0 Å². The van der Waals surface area contributed by atoms with Gasteiger partial charge in [0.1, 0.15) is 0 Å². The lowest BCUT2D eigenvalue weighted by Gasteiger charge is -2.07. The van der Waals surface area contributed by atoms with E-state index in [1.54, 1.807) is 30.5 Å². The molecule has 3 rings (SSSR count). The number of hydrogen-bond donors (Lipinski definition) is 3. The van der Waals surface area contributed by atoms with E-state index in [0.717, 1.165) is 30.5 Å². The summed E-state index contributed by atoms with van der Waals surface area (Å²) in [6.45, 7) is 1.04. The number of aromatic nitrogens is 1. The fourth-order valence-electron chi connectivity index (χ4n) is 2.36. The van der Waals surface area contributed by atoms with Crippen LogP contribution in [-0.2, 0) is 23.0 Å². The first-order valence-corrected chi connectivity index (χ1v) is 10.1. The third-order valence-electron chi connectivity index (χ3n) is 3.98. The SMILES string of the molecule is NC(=NCc1ccc(S(=O)(=O)NC2CC2)cc1)NCCc1ccccn1. The van der Waals surface area contributed by atoms with E-state index < -0.39 is 10.0 Å². The molecule has 0 aliphatic heterocycles. The minimum absolute atomic E-state index is 0.0984. The highest BCUT2D eigenvalue weighted by atomic mass is 32.2. The number of nitrogens with one attached hydrogen (secondary N) is 2. The smallest absolute Gasteiger partial charge is 0.240 e. The molecule has 0 radical (unpaired) electrons. The third kappa shape index (κ3) is 5.53. The average molecular weight is 373 g/mol. The molecule has 0 spiro atoms. The summed E-state index contributed by atoms with van der Waals surface area (Å²) < 4.78 is 26.9. The van der Waals surface area contributed by atoms with Crippen molar-refractivity contribution in [3.05, 3.63) is 59.9 Å². The van der Waals surface area contributed by atoms with Crippen LogP contribution in [0.4, 0.5) is 0 Å². The number of pyridine rings is 1. The number of guanidine groups is 1. The summed E-state index contributed by atoms with van der Waals surface area (Å²) in [4.78, 5) is 8.79. The van der Waals surface area contributed by atoms with Crippen LogP contribution in [0.25, 0.3) is 0 Å². The Bertz CT molecular complexity index is 847. The minimum atomic E-state index is -3.41. The molecule has 0 atom stereocenters. The lowest BCUT2D eigenvalue weighted by atomic mass is 10.2. The lowest BCUT2D eigenvalue weighted by molar-refractivity contribution is 0.581. The molecule has 1 aromatic carbocycles. The molecule has 138 valence electrons. The normalized spacial score (nSPS) is 15.0. The maximum atomic E-state index is 12.1. The summed E-state index contributed by atoms with van der Waals surface area (Å²) >= 11 is 0. The predicted molar refractivity (Wildman–Crippen MR) is 101 cm³/mol. The second-order valence-corrected chi connectivity index (χ2v) is 7.95. The van der Waals surface area contributed by atoms with Gasteiger partial charge in [-0.1, -0.05) is 18.2 Å². The summed E-state index contributed by atoms with van der Waals surface area (Å²) in [5.41, 5.74) is 7.74. The minimum Gasteiger partial charge on any atom is -0.370 e. The van der Waals surface area contributed by atoms with Crippen molar-refractivity contribution < 1.29 is 8.42 Å². The molecule has 0 saturated heterocycles. The first-order chi connectivity index (χ1) is 12.5. The highest BCUT2D eigenvalue weighted by molar-refractivity contribution is 7.89. The van der Waals surface area contributed by atoms with Crippen LogP contribution in [-0.4, -0.2) is 31.9 Å². The number of aliphatic imine (C=N–C) groups is 1. The van der Waals surface area contributed by atoms with Crippen molar-refractivity contribution in [3.63, 3.8) is 0 Å². The van der Waals surface area contributed by atoms with Crippen LogP contribution in [0.3, 0.4) is 0 Å². The molecule has 1 fully saturated rings. The summed E-state index contributed by atoms with van der Waals surface area (Å²) in [6, 6.07) is 12.6. The lowest BCUT2D eigenvalue weighted by Crippen LogP contribution is -2.33. The Labute approximate surface area is 153 Å². The fraction of sp³-hybridized carbons (Fsp3) is 0.333. The van der Waals surface area contributed by atoms with E-state index in [4.69, 9.17) is 5.73 Å². The van der Waals surface area contributed by atoms with Gasteiger partial charge in [0.15, 0.2) is 5.96 Å². The Morgan fingerprint density at radius 1 is 1.19 bits per heavy atom. The monoisotopic (exact) mass is 373 g/mol. The molecule has 0 amide bonds. The molecule has 0 bridgehead atoms. The number of nitrogens with zero attached hydrogens (tertiary/aromatic N) is 2. The van der Waals surface area contributed by atoms with Gasteiger partial charge in [0.05, 0.1) is 11.4 Å². The fourth-order valence-corrected chi connectivity index (χ4v) is 3.66. The van der Waals surface area contributed by atoms with Crippen molar-refractivity contribution in [3.8, 4) is 0 Å². The van der Waals surface area contributed by atoms with Crippen LogP contribution in [0.15, 0.2) is 58.5 Å². The molecular formula is C18H23N5O2S. The van der Waals surface area contributed by atoms with Gasteiger partial charge in [0.25, 0.3) is 0 Å². The standard InChI is InChI=1S/C18H23N5O2S/c19-18(21-12-10-15-3-1-2-11-20-15)22-13-14-4-8-17(9-5-14)26(24,25)23-16-6-7-16/h1-5,8-9,11,16,23H,6-7,10,12-13H2,(H3,19,21,22). The van der Waals surface area contributed by atoms with Crippen LogP contribution < -0.4 is 15.8 Å². The van der Waals surface area contributed by atoms with Gasteiger partial charge in [0, 0.05) is 30.9 Å². The van der Waals surface area contributed by atoms with Crippen LogP contribution >= 0.6 is 0 Å². The van der Waals surface area contributed by atoms with Gasteiger partial charge >= 0.3 is 0 Å². The predicted octanol–water partition coefficient (Wildman–Crippen LogP) is 1.17. The zero-order valence-corrected chi connectivity index (χ0v) is 15.2. The van der Waals surface area contributed by atoms with Crippen molar-refractivity contribution in [2.75, 3.05) is 6.54 Å². The Morgan fingerprint density at radius 3 is 2.62 bits per heavy atom. The number of hydrogen-bond acceptors (Lipinski definition) is 4. The van der Waals surface area contributed by atoms with Crippen molar-refractivity contribution in [1.29, 1.82) is 0 Å². The maximum Gasteiger partial charge on any atom is 0.240 e. The molecule has 1 saturated carbocycles. The Balaban J connectivity index is 1.48. The van der Waals surface area contributed by atoms with Gasteiger partial charge in [-0.2, -0.15) is 0 Å². The van der Waals surface area contributed by atoms with Crippen molar-refractivity contribution >= 4 is 16.0 Å². The highest BCUT2D eigenvalue weighted by Gasteiger charge is 2.27. The summed E-state index contributed by atoms with van der Waals surface area (Å²) in [5, 5.41) is 3.05. The topological polar surface area (TPSA) is 109 Å². The second kappa shape index (κ2) is 8.29. The molecule has 1 heterocycles. The first kappa shape index (κ1) is 18.3. The Kier molecular flexibility index (Phi) is 5.85. The van der Waals surface area contributed by atoms with E-state index in [2.05, 4.69) is 20.0 Å². The number of benzene rings is 1. The van der Waals surface area contributed by atoms with E-state index in [9.17, 15) is 8.42 Å². The van der Waals surface area contributed by atoms with Crippen LogP contribution in [0.5, 0.6) is 0 Å². The third-order valence-corrected chi connectivity index (χ3v) is 5.51. The molecule has 4 N–H and O–H groups in total. The van der Waals surface area contributed by atoms with Gasteiger partial charge in [0.2, 0.25) is 10.0 Å². The number of sulfonamides is 1. The summed E-state index contributed by atoms with van der Waals surface area (Å²) in [6.07, 6.45) is 4.35. The van der Waals surface area contributed by atoms with Gasteiger partial charge in [-0.3, -0.25) is 4.98 Å². The second-order valence-electron chi connectivity index (χ2n) is 6.24. The van der Waals surface area contributed by atoms with Crippen molar-refractivity contribution in [2.45, 2.75) is 36.7 Å². The van der Waals surface area contributed by atoms with Gasteiger partial charge in [-0.15, -0.1) is 0 Å². The van der Waals surface area contributed by atoms with E-state index in [1.165, 1.54) is 0 Å². The van der Waals surface area contributed by atoms with Gasteiger partial charge < -0.3 is 11.1 Å². The molecule has 26 heavy (non-hydrogen) atoms. The van der Waals surface area contributed by atoms with E-state index in [1.807, 2.05) is 18.2 Å². The molecule has 1 aromatic heterocycles. The maximum absolute atomic E-state index is 12.1. The van der Waals surface area contributed by atoms with Crippen LogP contribution in [0, 0.1) is 0 Å². The molecule has 8 heteroatoms. The highest BCUT2D eigenvalue weighted by Crippen LogP contribution is 2.22. The van der Waals surface area contributed by atoms with Crippen molar-refractivity contribution in [2.24, 2.45) is 10.7 Å². The average Bonchev–Trinajstić information content (AvgIpc) is 3.44. The Morgan fingerprint density at radius 2 is 1.96 bits per heavy atom. The number of nitrogens with two attached hydrogens (primary N) is 1. The zero-order valence-electron chi connectivity index (χ0n) is 14.4. The number of rotatable bonds is 8. The van der Waals surface area contributed by atoms with Crippen LogP contribution in [0.2, 0.25) is 0 Å². The molecular weight excluding hydrogens is 350 g/mol. The van der Waals surface area contributed by atoms with Crippen LogP contribution in [0.1, 0.15) is 24.1 Å². The quantitative estimate of drug-likeness (QED) is 0.475. The molecule has 7 nitrogen and oxygen atoms in total. The summed E-state index contributed by atoms with van der Waals surface area (Å²) in [5.74, 6) is 0.355. The molecule has 1 aliphatic carbocycles. The Hall–Kier alpha value is -2.45. The molecule has 0 unspecified atom stereocenters. The van der Waals surface area contributed by atoms with E-state index in [-0.39, 0.29) is 10.9 Å².